The highest BCUT2D eigenvalue weighted by Gasteiger charge is 2.30. The van der Waals surface area contributed by atoms with Crippen LogP contribution in [0, 0.1) is 13.8 Å². The summed E-state index contributed by atoms with van der Waals surface area (Å²) in [6.45, 7) is 8.30. The highest BCUT2D eigenvalue weighted by atomic mass is 32.2. The summed E-state index contributed by atoms with van der Waals surface area (Å²) in [5.74, 6) is 0.807. The van der Waals surface area contributed by atoms with Crippen molar-refractivity contribution < 1.29 is 13.2 Å². The molecule has 0 atom stereocenters. The average Bonchev–Trinajstić information content (AvgIpc) is 2.79. The molecule has 32 heavy (non-hydrogen) atoms. The number of piperazine rings is 1. The number of piperidine rings is 1. The van der Waals surface area contributed by atoms with Gasteiger partial charge in [0.2, 0.25) is 5.95 Å². The van der Waals surface area contributed by atoms with Gasteiger partial charge in [0.25, 0.3) is 10.0 Å². The summed E-state index contributed by atoms with van der Waals surface area (Å²) in [5.41, 5.74) is 1.97. The van der Waals surface area contributed by atoms with Crippen LogP contribution in [-0.2, 0) is 10.0 Å². The van der Waals surface area contributed by atoms with Crippen LogP contribution in [0.25, 0.3) is 0 Å². The Morgan fingerprint density at radius 2 is 1.53 bits per heavy atom. The van der Waals surface area contributed by atoms with E-state index in [9.17, 15) is 13.2 Å². The third-order valence-electron chi connectivity index (χ3n) is 6.11. The molecule has 0 bridgehead atoms. The summed E-state index contributed by atoms with van der Waals surface area (Å²) in [6, 6.07) is 9.83. The molecule has 2 fully saturated rings. The minimum Gasteiger partial charge on any atom is -0.341 e. The zero-order valence-electron chi connectivity index (χ0n) is 18.6. The molecule has 2 aliphatic heterocycles. The van der Waals surface area contributed by atoms with E-state index in [1.54, 1.807) is 23.1 Å². The van der Waals surface area contributed by atoms with Crippen LogP contribution in [0.2, 0.25) is 0 Å². The summed E-state index contributed by atoms with van der Waals surface area (Å²) < 4.78 is 27.0. The maximum absolute atomic E-state index is 12.5. The van der Waals surface area contributed by atoms with Crippen molar-refractivity contribution in [1.29, 1.82) is 0 Å². The van der Waals surface area contributed by atoms with Gasteiger partial charge in [0.05, 0.1) is 4.90 Å². The second-order valence-electron chi connectivity index (χ2n) is 8.42. The molecule has 0 radical (unpaired) electrons. The minimum absolute atomic E-state index is 0.0894. The fourth-order valence-corrected chi connectivity index (χ4v) is 5.40. The van der Waals surface area contributed by atoms with Crippen LogP contribution in [0.3, 0.4) is 0 Å². The number of aromatic nitrogens is 2. The van der Waals surface area contributed by atoms with Gasteiger partial charge in [-0.25, -0.2) is 27.9 Å². The lowest BCUT2D eigenvalue weighted by Crippen LogP contribution is -2.56. The standard InChI is InChI=1S/C22H30N6O3S/c1-17-16-18(2)24-21(23-17)27-10-8-19(9-11-27)26-12-14-28(15-13-26)22(29)25-32(30,31)20-6-4-3-5-7-20/h3-7,16,19H,8-15H2,1-2H3,(H,25,29). The third kappa shape index (κ3) is 5.18. The predicted molar refractivity (Wildman–Crippen MR) is 122 cm³/mol. The second kappa shape index (κ2) is 9.41. The smallest absolute Gasteiger partial charge is 0.331 e. The van der Waals surface area contributed by atoms with E-state index in [-0.39, 0.29) is 4.90 Å². The molecule has 0 aliphatic carbocycles. The number of carbonyl (C=O) groups is 1. The Labute approximate surface area is 189 Å². The molecule has 2 aliphatic rings. The summed E-state index contributed by atoms with van der Waals surface area (Å²) in [5, 5.41) is 0. The highest BCUT2D eigenvalue weighted by Crippen LogP contribution is 2.22. The van der Waals surface area contributed by atoms with Crippen molar-refractivity contribution in [1.82, 2.24) is 24.5 Å². The zero-order valence-corrected chi connectivity index (χ0v) is 19.4. The number of aryl methyl sites for hydroxylation is 2. The molecule has 1 aromatic heterocycles. The molecule has 1 N–H and O–H groups in total. The van der Waals surface area contributed by atoms with Gasteiger partial charge in [0.15, 0.2) is 0 Å². The molecule has 0 saturated carbocycles. The van der Waals surface area contributed by atoms with Crippen LogP contribution in [0.4, 0.5) is 10.7 Å². The lowest BCUT2D eigenvalue weighted by atomic mass is 10.0. The van der Waals surface area contributed by atoms with Crippen LogP contribution in [0.5, 0.6) is 0 Å². The quantitative estimate of drug-likeness (QED) is 0.746. The van der Waals surface area contributed by atoms with Gasteiger partial charge in [-0.05, 0) is 44.9 Å². The fourth-order valence-electron chi connectivity index (χ4n) is 4.41. The predicted octanol–water partition coefficient (Wildman–Crippen LogP) is 1.78. The van der Waals surface area contributed by atoms with Gasteiger partial charge < -0.3 is 9.80 Å². The summed E-state index contributed by atoms with van der Waals surface area (Å²) >= 11 is 0. The summed E-state index contributed by atoms with van der Waals surface area (Å²) in [6.07, 6.45) is 2.04. The molecule has 2 aromatic rings. The first kappa shape index (κ1) is 22.5. The van der Waals surface area contributed by atoms with Gasteiger partial charge in [0, 0.05) is 56.7 Å². The first-order chi connectivity index (χ1) is 15.3. The number of sulfonamides is 1. The van der Waals surface area contributed by atoms with Gasteiger partial charge in [-0.3, -0.25) is 4.90 Å². The van der Waals surface area contributed by atoms with E-state index in [1.807, 2.05) is 19.9 Å². The Morgan fingerprint density at radius 1 is 0.938 bits per heavy atom. The number of urea groups is 1. The number of nitrogens with one attached hydrogen (secondary N) is 1. The summed E-state index contributed by atoms with van der Waals surface area (Å²) in [7, 11) is -3.85. The number of hydrogen-bond donors (Lipinski definition) is 1. The van der Waals surface area contributed by atoms with Gasteiger partial charge >= 0.3 is 6.03 Å². The number of rotatable bonds is 4. The van der Waals surface area contributed by atoms with E-state index in [0.717, 1.165) is 56.4 Å². The maximum Gasteiger partial charge on any atom is 0.331 e. The van der Waals surface area contributed by atoms with Crippen LogP contribution in [0.15, 0.2) is 41.3 Å². The van der Waals surface area contributed by atoms with Crippen molar-refractivity contribution >= 4 is 22.0 Å². The Morgan fingerprint density at radius 3 is 2.12 bits per heavy atom. The number of hydrogen-bond acceptors (Lipinski definition) is 7. The monoisotopic (exact) mass is 458 g/mol. The van der Waals surface area contributed by atoms with E-state index in [2.05, 4.69) is 24.5 Å². The van der Waals surface area contributed by atoms with Crippen molar-refractivity contribution in [3.05, 3.63) is 47.8 Å². The SMILES string of the molecule is Cc1cc(C)nc(N2CCC(N3CCN(C(=O)NS(=O)(=O)c4ccccc4)CC3)CC2)n1. The molecule has 10 heteroatoms. The molecule has 2 saturated heterocycles. The molecule has 1 aromatic carbocycles. The number of benzene rings is 1. The number of carbonyl (C=O) groups excluding carboxylic acids is 1. The van der Waals surface area contributed by atoms with Gasteiger partial charge in [-0.2, -0.15) is 0 Å². The van der Waals surface area contributed by atoms with Crippen LogP contribution in [0.1, 0.15) is 24.2 Å². The fraction of sp³-hybridized carbons (Fsp3) is 0.500. The van der Waals surface area contributed by atoms with E-state index in [1.165, 1.54) is 12.1 Å². The molecule has 0 spiro atoms. The minimum atomic E-state index is -3.85. The van der Waals surface area contributed by atoms with Crippen molar-refractivity contribution in [3.63, 3.8) is 0 Å². The molecular formula is C22H30N6O3S. The van der Waals surface area contributed by atoms with E-state index in [4.69, 9.17) is 0 Å². The highest BCUT2D eigenvalue weighted by molar-refractivity contribution is 7.90. The van der Waals surface area contributed by atoms with E-state index in [0.29, 0.717) is 19.1 Å². The van der Waals surface area contributed by atoms with Crippen molar-refractivity contribution in [2.45, 2.75) is 37.6 Å². The average molecular weight is 459 g/mol. The maximum atomic E-state index is 12.5. The lowest BCUT2D eigenvalue weighted by Gasteiger charge is -2.42. The van der Waals surface area contributed by atoms with E-state index < -0.39 is 16.1 Å². The lowest BCUT2D eigenvalue weighted by molar-refractivity contribution is 0.0982. The van der Waals surface area contributed by atoms with Crippen molar-refractivity contribution in [3.8, 4) is 0 Å². The Hall–Kier alpha value is -2.72. The molecule has 9 nitrogen and oxygen atoms in total. The Kier molecular flexibility index (Phi) is 6.61. The van der Waals surface area contributed by atoms with Crippen LogP contribution in [-0.4, -0.2) is 79.5 Å². The number of anilines is 1. The van der Waals surface area contributed by atoms with Crippen molar-refractivity contribution in [2.24, 2.45) is 0 Å². The number of amides is 2. The molecule has 3 heterocycles. The van der Waals surface area contributed by atoms with E-state index >= 15 is 0 Å². The molecule has 172 valence electrons. The molecule has 0 unspecified atom stereocenters. The molecule has 2 amide bonds. The Balaban J connectivity index is 1.27. The van der Waals surface area contributed by atoms with Gasteiger partial charge in [0.1, 0.15) is 0 Å². The third-order valence-corrected chi connectivity index (χ3v) is 7.45. The topological polar surface area (TPSA) is 98.7 Å². The van der Waals surface area contributed by atoms with Crippen LogP contribution < -0.4 is 9.62 Å². The summed E-state index contributed by atoms with van der Waals surface area (Å²) in [4.78, 5) is 28.0. The normalized spacial score (nSPS) is 18.6. The zero-order chi connectivity index (χ0) is 22.7. The second-order valence-corrected chi connectivity index (χ2v) is 10.1. The first-order valence-electron chi connectivity index (χ1n) is 11.0. The molecular weight excluding hydrogens is 428 g/mol. The first-order valence-corrected chi connectivity index (χ1v) is 12.5. The van der Waals surface area contributed by atoms with Gasteiger partial charge in [-0.15, -0.1) is 0 Å². The Bertz CT molecular complexity index is 1030. The van der Waals surface area contributed by atoms with Crippen LogP contribution >= 0.6 is 0 Å². The number of nitrogens with zero attached hydrogens (tertiary/aromatic N) is 5. The van der Waals surface area contributed by atoms with Gasteiger partial charge in [-0.1, -0.05) is 18.2 Å². The van der Waals surface area contributed by atoms with Crippen molar-refractivity contribution in [2.75, 3.05) is 44.2 Å². The molecule has 4 rings (SSSR count). The largest absolute Gasteiger partial charge is 0.341 e.